The second-order valence-electron chi connectivity index (χ2n) is 19.5. The highest BCUT2D eigenvalue weighted by Gasteiger charge is 2.21. The summed E-state index contributed by atoms with van der Waals surface area (Å²) >= 11 is 0. The maximum Gasteiger partial charge on any atom is 0.248 e. The molecule has 11 aromatic carbocycles. The summed E-state index contributed by atoms with van der Waals surface area (Å²) in [7, 11) is 0. The van der Waals surface area contributed by atoms with Crippen LogP contribution in [0, 0.1) is 0 Å². The predicted molar refractivity (Wildman–Crippen MR) is 320 cm³/mol. The molecule has 0 spiro atoms. The maximum atomic E-state index is 6.08. The molecule has 3 heterocycles. The molecule has 0 aliphatic carbocycles. The molecule has 3 aromatic heterocycles. The van der Waals surface area contributed by atoms with Crippen molar-refractivity contribution in [3.8, 4) is 135 Å². The van der Waals surface area contributed by atoms with E-state index >= 15 is 0 Å². The minimum atomic E-state index is 0.469. The Hall–Kier alpha value is -11.0. The first kappa shape index (κ1) is 47.5. The van der Waals surface area contributed by atoms with Gasteiger partial charge in [-0.1, -0.05) is 231 Å². The monoisotopic (exact) mass is 1030 g/mol. The summed E-state index contributed by atoms with van der Waals surface area (Å²) in [6.07, 6.45) is 0. The Morgan fingerprint density at radius 2 is 0.375 bits per heavy atom. The van der Waals surface area contributed by atoms with Crippen molar-refractivity contribution in [3.05, 3.63) is 279 Å². The van der Waals surface area contributed by atoms with Crippen LogP contribution in [0.1, 0.15) is 0 Å². The summed E-state index contributed by atoms with van der Waals surface area (Å²) in [6.45, 7) is 0. The van der Waals surface area contributed by atoms with Gasteiger partial charge in [0, 0.05) is 44.5 Å². The molecular weight excluding hydrogens is 981 g/mol. The maximum absolute atomic E-state index is 6.08. The number of fused-ring (bicyclic) bond motifs is 1. The Labute approximate surface area is 462 Å². The number of rotatable bonds is 12. The molecule has 0 amide bonds. The molecule has 0 radical (unpaired) electrons. The summed E-state index contributed by atoms with van der Waals surface area (Å²) in [5.41, 5.74) is 21.4. The molecule has 0 aliphatic heterocycles. The lowest BCUT2D eigenvalue weighted by atomic mass is 9.93. The van der Waals surface area contributed by atoms with Crippen molar-refractivity contribution in [3.63, 3.8) is 0 Å². The van der Waals surface area contributed by atoms with Gasteiger partial charge in [0.1, 0.15) is 0 Å². The fourth-order valence-corrected chi connectivity index (χ4v) is 10.3. The third-order valence-electron chi connectivity index (χ3n) is 14.6. The average Bonchev–Trinajstić information content (AvgIpc) is 4.35. The van der Waals surface area contributed by atoms with E-state index < -0.39 is 0 Å². The van der Waals surface area contributed by atoms with E-state index in [0.717, 1.165) is 123 Å². The van der Waals surface area contributed by atoms with E-state index in [-0.39, 0.29) is 0 Å². The van der Waals surface area contributed by atoms with Gasteiger partial charge in [0.2, 0.25) is 23.6 Å². The van der Waals surface area contributed by atoms with Crippen molar-refractivity contribution in [1.82, 2.24) is 30.4 Å². The molecule has 0 saturated carbocycles. The number of hydrogen-bond donors (Lipinski definition) is 0. The third kappa shape index (κ3) is 9.43. The third-order valence-corrected chi connectivity index (χ3v) is 14.6. The van der Waals surface area contributed by atoms with Gasteiger partial charge in [0.05, 0.1) is 22.4 Å². The molecule has 0 N–H and O–H groups in total. The van der Waals surface area contributed by atoms with Crippen LogP contribution in [-0.2, 0) is 0 Å². The van der Waals surface area contributed by atoms with E-state index in [9.17, 15) is 0 Å². The summed E-state index contributed by atoms with van der Waals surface area (Å²) in [4.78, 5) is 11.5. The van der Waals surface area contributed by atoms with Gasteiger partial charge in [-0.15, -0.1) is 20.4 Å². The largest absolute Gasteiger partial charge is 0.416 e. The highest BCUT2D eigenvalue weighted by atomic mass is 16.4. The first-order valence-electron chi connectivity index (χ1n) is 26.5. The van der Waals surface area contributed by atoms with Crippen LogP contribution in [0.2, 0.25) is 0 Å². The molecule has 0 saturated heterocycles. The second-order valence-corrected chi connectivity index (χ2v) is 19.5. The van der Waals surface area contributed by atoms with Crippen LogP contribution in [-0.4, -0.2) is 30.4 Å². The smallest absolute Gasteiger partial charge is 0.248 e. The van der Waals surface area contributed by atoms with Crippen LogP contribution in [0.5, 0.6) is 0 Å². The molecular formula is C72H46N6O2. The summed E-state index contributed by atoms with van der Waals surface area (Å²) in [5.74, 6) is 1.91. The van der Waals surface area contributed by atoms with E-state index in [0.29, 0.717) is 23.6 Å². The van der Waals surface area contributed by atoms with Gasteiger partial charge in [0.25, 0.3) is 0 Å². The van der Waals surface area contributed by atoms with E-state index in [1.165, 1.54) is 0 Å². The number of benzene rings is 11. The fourth-order valence-electron chi connectivity index (χ4n) is 10.3. The molecule has 376 valence electrons. The Balaban J connectivity index is 0.863. The molecule has 0 unspecified atom stereocenters. The lowest BCUT2D eigenvalue weighted by Gasteiger charge is -2.17. The van der Waals surface area contributed by atoms with Crippen LogP contribution in [0.4, 0.5) is 0 Å². The zero-order valence-electron chi connectivity index (χ0n) is 43.1. The SMILES string of the molecule is c1ccc(-c2ccc(-c3ccc(-c4ccc(-c5ccccc5)cc4)c4nc(-c5ccc(-c6ccc(-c7nnc(-c8ccccc8)o7)cc6)cc5)c(-c5ccc(-c6ccc(-c7nnc(-c8ccccc8)o7)cc6)cc5)nc34)cc2)cc1. The van der Waals surface area contributed by atoms with Crippen molar-refractivity contribution in [2.75, 3.05) is 0 Å². The van der Waals surface area contributed by atoms with Crippen LogP contribution in [0.25, 0.3) is 146 Å². The normalized spacial score (nSPS) is 11.2. The van der Waals surface area contributed by atoms with E-state index in [2.05, 4.69) is 202 Å². The van der Waals surface area contributed by atoms with Gasteiger partial charge < -0.3 is 8.83 Å². The van der Waals surface area contributed by atoms with Gasteiger partial charge in [0.15, 0.2) is 0 Å². The van der Waals surface area contributed by atoms with Crippen LogP contribution < -0.4 is 0 Å². The quantitative estimate of drug-likeness (QED) is 0.119. The first-order chi connectivity index (χ1) is 39.6. The van der Waals surface area contributed by atoms with Gasteiger partial charge in [-0.05, 0) is 104 Å². The van der Waals surface area contributed by atoms with Crippen molar-refractivity contribution in [2.45, 2.75) is 0 Å². The van der Waals surface area contributed by atoms with Crippen molar-refractivity contribution in [1.29, 1.82) is 0 Å². The van der Waals surface area contributed by atoms with Gasteiger partial charge in [-0.2, -0.15) is 0 Å². The van der Waals surface area contributed by atoms with Crippen molar-refractivity contribution < 1.29 is 8.83 Å². The molecule has 0 aliphatic rings. The van der Waals surface area contributed by atoms with Crippen molar-refractivity contribution in [2.24, 2.45) is 0 Å². The molecule has 0 fully saturated rings. The van der Waals surface area contributed by atoms with Gasteiger partial charge in [-0.25, -0.2) is 9.97 Å². The molecule has 14 aromatic rings. The van der Waals surface area contributed by atoms with Gasteiger partial charge >= 0.3 is 0 Å². The van der Waals surface area contributed by atoms with Crippen LogP contribution >= 0.6 is 0 Å². The molecule has 8 nitrogen and oxygen atoms in total. The molecule has 80 heavy (non-hydrogen) atoms. The average molecular weight is 1030 g/mol. The predicted octanol–water partition coefficient (Wildman–Crippen LogP) is 18.4. The first-order valence-corrected chi connectivity index (χ1v) is 26.5. The summed E-state index contributed by atoms with van der Waals surface area (Å²) in [6, 6.07) is 96.1. The standard InChI is InChI=1S/C72H46N6O2/c1-5-13-47(14-6-1)49-21-33-55(34-22-49)63-45-46-64(56-35-23-50(24-36-56)48-15-7-2-8-16-48)68-67(63)73-65(57-37-25-51(26-38-57)53-29-41-61(42-30-53)71-77-75-69(79-71)59-17-9-3-10-18-59)66(74-68)58-39-27-52(28-40-58)54-31-43-62(44-32-54)72-78-76-70(80-72)60-19-11-4-12-20-60/h1-46H. The topological polar surface area (TPSA) is 104 Å². The van der Waals surface area contributed by atoms with Crippen LogP contribution in [0.15, 0.2) is 288 Å². The van der Waals surface area contributed by atoms with Crippen LogP contribution in [0.3, 0.4) is 0 Å². The fraction of sp³-hybridized carbons (Fsp3) is 0. The van der Waals surface area contributed by atoms with Gasteiger partial charge in [-0.3, -0.25) is 0 Å². The number of nitrogens with zero attached hydrogens (tertiary/aromatic N) is 6. The van der Waals surface area contributed by atoms with E-state index in [1.54, 1.807) is 0 Å². The molecule has 14 rings (SSSR count). The Morgan fingerprint density at radius 3 is 0.650 bits per heavy atom. The Kier molecular flexibility index (Phi) is 12.4. The Bertz CT molecular complexity index is 4140. The Morgan fingerprint density at radius 1 is 0.175 bits per heavy atom. The minimum Gasteiger partial charge on any atom is -0.416 e. The van der Waals surface area contributed by atoms with E-state index in [1.807, 2.05) is 97.1 Å². The zero-order chi connectivity index (χ0) is 53.2. The molecule has 0 atom stereocenters. The summed E-state index contributed by atoms with van der Waals surface area (Å²) < 4.78 is 12.2. The lowest BCUT2D eigenvalue weighted by Crippen LogP contribution is -1.99. The number of hydrogen-bond acceptors (Lipinski definition) is 8. The second kappa shape index (κ2) is 20.9. The number of aromatic nitrogens is 6. The minimum absolute atomic E-state index is 0.469. The molecule has 0 bridgehead atoms. The molecule has 8 heteroatoms. The van der Waals surface area contributed by atoms with E-state index in [4.69, 9.17) is 18.8 Å². The summed E-state index contributed by atoms with van der Waals surface area (Å²) in [5, 5.41) is 17.3. The highest BCUT2D eigenvalue weighted by Crippen LogP contribution is 2.41. The zero-order valence-corrected chi connectivity index (χ0v) is 43.1. The highest BCUT2D eigenvalue weighted by molar-refractivity contribution is 6.03. The lowest BCUT2D eigenvalue weighted by molar-refractivity contribution is 0.584. The van der Waals surface area contributed by atoms with Crippen molar-refractivity contribution >= 4 is 11.0 Å².